The summed E-state index contributed by atoms with van der Waals surface area (Å²) >= 11 is 6.56. The van der Waals surface area contributed by atoms with Crippen molar-refractivity contribution in [3.63, 3.8) is 0 Å². The predicted octanol–water partition coefficient (Wildman–Crippen LogP) is 4.01. The number of hydrogen-bond donors (Lipinski definition) is 2. The van der Waals surface area contributed by atoms with E-state index in [1.807, 2.05) is 24.3 Å². The van der Waals surface area contributed by atoms with Crippen LogP contribution in [0.3, 0.4) is 0 Å². The third kappa shape index (κ3) is 5.93. The molecule has 1 heterocycles. The SMILES string of the molecule is COc1ccc(C=C2SC(=S)N(CCCC(=O)Nc3cccc(C(=O)O)c3)C2=O)cc1. The molecule has 2 amide bonds. The van der Waals surface area contributed by atoms with Gasteiger partial charge in [-0.25, -0.2) is 4.79 Å². The molecule has 2 N–H and O–H groups in total. The molecule has 0 spiro atoms. The quantitative estimate of drug-likeness (QED) is 0.458. The van der Waals surface area contributed by atoms with Gasteiger partial charge in [0.15, 0.2) is 0 Å². The van der Waals surface area contributed by atoms with E-state index in [4.69, 9.17) is 22.1 Å². The molecule has 7 nitrogen and oxygen atoms in total. The summed E-state index contributed by atoms with van der Waals surface area (Å²) in [5, 5.41) is 11.7. The van der Waals surface area contributed by atoms with Crippen LogP contribution in [0, 0.1) is 0 Å². The van der Waals surface area contributed by atoms with E-state index in [1.165, 1.54) is 28.8 Å². The number of benzene rings is 2. The van der Waals surface area contributed by atoms with Gasteiger partial charge in [-0.05, 0) is 48.4 Å². The number of aromatic carboxylic acids is 1. The lowest BCUT2D eigenvalue weighted by Crippen LogP contribution is -2.29. The molecule has 1 aliphatic heterocycles. The number of carbonyl (C=O) groups excluding carboxylic acids is 2. The Morgan fingerprint density at radius 2 is 1.97 bits per heavy atom. The summed E-state index contributed by atoms with van der Waals surface area (Å²) < 4.78 is 5.59. The topological polar surface area (TPSA) is 95.9 Å². The molecule has 3 rings (SSSR count). The lowest BCUT2D eigenvalue weighted by atomic mass is 10.2. The first-order chi connectivity index (χ1) is 14.9. The van der Waals surface area contributed by atoms with Crippen LogP contribution in [0.25, 0.3) is 6.08 Å². The number of methoxy groups -OCH3 is 1. The number of hydrogen-bond acceptors (Lipinski definition) is 6. The number of carbonyl (C=O) groups is 3. The van der Waals surface area contributed by atoms with Gasteiger partial charge in [-0.3, -0.25) is 14.5 Å². The number of thiocarbonyl (C=S) groups is 1. The number of thioether (sulfide) groups is 1. The van der Waals surface area contributed by atoms with Gasteiger partial charge in [-0.1, -0.05) is 42.2 Å². The van der Waals surface area contributed by atoms with Crippen molar-refractivity contribution in [1.82, 2.24) is 4.90 Å². The maximum atomic E-state index is 12.7. The van der Waals surface area contributed by atoms with Crippen molar-refractivity contribution in [3.05, 3.63) is 64.6 Å². The van der Waals surface area contributed by atoms with Gasteiger partial charge in [-0.2, -0.15) is 0 Å². The number of nitrogens with zero attached hydrogens (tertiary/aromatic N) is 1. The van der Waals surface area contributed by atoms with Gasteiger partial charge in [0, 0.05) is 18.7 Å². The maximum absolute atomic E-state index is 12.7. The van der Waals surface area contributed by atoms with E-state index >= 15 is 0 Å². The van der Waals surface area contributed by atoms with E-state index in [1.54, 1.807) is 25.3 Å². The molecule has 160 valence electrons. The van der Waals surface area contributed by atoms with Gasteiger partial charge >= 0.3 is 5.97 Å². The van der Waals surface area contributed by atoms with Gasteiger partial charge in [0.1, 0.15) is 10.1 Å². The molecule has 0 aliphatic carbocycles. The highest BCUT2D eigenvalue weighted by molar-refractivity contribution is 8.26. The molecule has 2 aromatic carbocycles. The van der Waals surface area contributed by atoms with E-state index < -0.39 is 5.97 Å². The molecule has 1 saturated heterocycles. The molecule has 0 unspecified atom stereocenters. The second-order valence-electron chi connectivity index (χ2n) is 6.64. The summed E-state index contributed by atoms with van der Waals surface area (Å²) in [7, 11) is 1.59. The van der Waals surface area contributed by atoms with E-state index in [9.17, 15) is 14.4 Å². The highest BCUT2D eigenvalue weighted by Gasteiger charge is 2.31. The highest BCUT2D eigenvalue weighted by atomic mass is 32.2. The molecule has 0 aromatic heterocycles. The van der Waals surface area contributed by atoms with Crippen LogP contribution in [0.15, 0.2) is 53.4 Å². The first-order valence-electron chi connectivity index (χ1n) is 9.40. The summed E-state index contributed by atoms with van der Waals surface area (Å²) in [6.45, 7) is 0.327. The van der Waals surface area contributed by atoms with Crippen LogP contribution in [0.1, 0.15) is 28.8 Å². The first kappa shape index (κ1) is 22.5. The molecule has 0 atom stereocenters. The Bertz CT molecular complexity index is 1050. The number of carboxylic acid groups (broad SMARTS) is 1. The molecule has 0 radical (unpaired) electrons. The Morgan fingerprint density at radius 3 is 2.65 bits per heavy atom. The van der Waals surface area contributed by atoms with E-state index in [2.05, 4.69) is 5.32 Å². The third-order valence-electron chi connectivity index (χ3n) is 4.47. The zero-order valence-corrected chi connectivity index (χ0v) is 18.3. The molecule has 9 heteroatoms. The predicted molar refractivity (Wildman–Crippen MR) is 124 cm³/mol. The van der Waals surface area contributed by atoms with Crippen molar-refractivity contribution in [2.24, 2.45) is 0 Å². The first-order valence-corrected chi connectivity index (χ1v) is 10.6. The second kappa shape index (κ2) is 10.2. The maximum Gasteiger partial charge on any atom is 0.335 e. The summed E-state index contributed by atoms with van der Waals surface area (Å²) in [6.07, 6.45) is 2.37. The summed E-state index contributed by atoms with van der Waals surface area (Å²) in [4.78, 5) is 37.9. The Kier molecular flexibility index (Phi) is 7.43. The Morgan fingerprint density at radius 1 is 1.23 bits per heavy atom. The molecule has 1 aliphatic rings. The summed E-state index contributed by atoms with van der Waals surface area (Å²) in [5.74, 6) is -0.770. The van der Waals surface area contributed by atoms with Crippen molar-refractivity contribution in [1.29, 1.82) is 0 Å². The van der Waals surface area contributed by atoms with E-state index in [0.717, 1.165) is 11.3 Å². The lowest BCUT2D eigenvalue weighted by Gasteiger charge is -2.14. The fourth-order valence-electron chi connectivity index (χ4n) is 2.90. The van der Waals surface area contributed by atoms with Crippen LogP contribution < -0.4 is 10.1 Å². The van der Waals surface area contributed by atoms with E-state index in [-0.39, 0.29) is 23.8 Å². The van der Waals surface area contributed by atoms with Crippen LogP contribution in [-0.2, 0) is 9.59 Å². The number of ether oxygens (including phenoxy) is 1. The number of anilines is 1. The van der Waals surface area contributed by atoms with Gasteiger partial charge < -0.3 is 15.2 Å². The van der Waals surface area contributed by atoms with Gasteiger partial charge in [0.05, 0.1) is 17.6 Å². The van der Waals surface area contributed by atoms with Crippen molar-refractivity contribution in [2.75, 3.05) is 19.0 Å². The van der Waals surface area contributed by atoms with Crippen LogP contribution in [-0.4, -0.2) is 45.8 Å². The number of nitrogens with one attached hydrogen (secondary N) is 1. The number of amides is 2. The van der Waals surface area contributed by atoms with Gasteiger partial charge in [0.25, 0.3) is 5.91 Å². The van der Waals surface area contributed by atoms with Crippen molar-refractivity contribution in [2.45, 2.75) is 12.8 Å². The molecule has 31 heavy (non-hydrogen) atoms. The van der Waals surface area contributed by atoms with Crippen LogP contribution in [0.5, 0.6) is 5.75 Å². The Hall–Kier alpha value is -3.17. The van der Waals surface area contributed by atoms with Crippen LogP contribution in [0.2, 0.25) is 0 Å². The molecule has 1 fully saturated rings. The monoisotopic (exact) mass is 456 g/mol. The molecule has 2 aromatic rings. The molecular formula is C22H20N2O5S2. The number of carboxylic acids is 1. The van der Waals surface area contributed by atoms with Crippen molar-refractivity contribution in [3.8, 4) is 5.75 Å². The van der Waals surface area contributed by atoms with Crippen molar-refractivity contribution >= 4 is 57.8 Å². The zero-order chi connectivity index (χ0) is 22.4. The fraction of sp³-hybridized carbons (Fsp3) is 0.182. The van der Waals surface area contributed by atoms with Gasteiger partial charge in [-0.15, -0.1) is 0 Å². The third-order valence-corrected chi connectivity index (χ3v) is 5.84. The van der Waals surface area contributed by atoms with Gasteiger partial charge in [0.2, 0.25) is 5.91 Å². The highest BCUT2D eigenvalue weighted by Crippen LogP contribution is 2.33. The Balaban J connectivity index is 1.53. The van der Waals surface area contributed by atoms with Crippen LogP contribution in [0.4, 0.5) is 5.69 Å². The average molecular weight is 457 g/mol. The average Bonchev–Trinajstić information content (AvgIpc) is 3.01. The summed E-state index contributed by atoms with van der Waals surface area (Å²) in [6, 6.07) is 13.4. The van der Waals surface area contributed by atoms with E-state index in [0.29, 0.717) is 27.9 Å². The standard InChI is InChI=1S/C22H20N2O5S2/c1-29-17-9-7-14(8-10-17)12-18-20(26)24(22(30)31-18)11-3-6-19(25)23-16-5-2-4-15(13-16)21(27)28/h2,4-5,7-10,12-13H,3,6,11H2,1H3,(H,23,25)(H,27,28). The largest absolute Gasteiger partial charge is 0.497 e. The second-order valence-corrected chi connectivity index (χ2v) is 8.32. The lowest BCUT2D eigenvalue weighted by molar-refractivity contribution is -0.122. The molecular weight excluding hydrogens is 436 g/mol. The summed E-state index contributed by atoms with van der Waals surface area (Å²) in [5.41, 5.74) is 1.38. The number of rotatable bonds is 8. The minimum atomic E-state index is -1.06. The molecule has 0 saturated carbocycles. The normalized spacial score (nSPS) is 14.7. The Labute approximate surface area is 189 Å². The smallest absolute Gasteiger partial charge is 0.335 e. The minimum absolute atomic E-state index is 0.0963. The molecule has 0 bridgehead atoms. The van der Waals surface area contributed by atoms with Crippen molar-refractivity contribution < 1.29 is 24.2 Å². The van der Waals surface area contributed by atoms with Crippen LogP contribution >= 0.6 is 24.0 Å². The minimum Gasteiger partial charge on any atom is -0.497 e. The fourth-order valence-corrected chi connectivity index (χ4v) is 4.20. The zero-order valence-electron chi connectivity index (χ0n) is 16.7.